The highest BCUT2D eigenvalue weighted by Crippen LogP contribution is 2.18. The van der Waals surface area contributed by atoms with Crippen LogP contribution in [0.15, 0.2) is 59.5 Å². The minimum Gasteiger partial charge on any atom is -0.489 e. The molecule has 0 radical (unpaired) electrons. The molecule has 3 rings (SSSR count). The van der Waals surface area contributed by atoms with E-state index in [2.05, 4.69) is 4.72 Å². The monoisotopic (exact) mass is 418 g/mol. The van der Waals surface area contributed by atoms with E-state index in [0.29, 0.717) is 12.4 Å². The maximum absolute atomic E-state index is 12.6. The van der Waals surface area contributed by atoms with Crippen LogP contribution in [0.3, 0.4) is 0 Å². The number of esters is 1. The molecule has 1 aliphatic rings. The van der Waals surface area contributed by atoms with Crippen molar-refractivity contribution in [2.45, 2.75) is 30.4 Å². The number of likely N-dealkylation sites (tertiary alicyclic amines) is 1. The van der Waals surface area contributed by atoms with E-state index in [1.165, 1.54) is 19.2 Å². The summed E-state index contributed by atoms with van der Waals surface area (Å²) in [5, 5.41) is 0. The first-order valence-electron chi connectivity index (χ1n) is 9.58. The number of carbonyl (C=O) groups excluding carboxylic acids is 1. The van der Waals surface area contributed by atoms with Crippen molar-refractivity contribution in [1.82, 2.24) is 9.62 Å². The molecule has 29 heavy (non-hydrogen) atoms. The van der Waals surface area contributed by atoms with Crippen LogP contribution in [0.25, 0.3) is 0 Å². The van der Waals surface area contributed by atoms with Crippen LogP contribution < -0.4 is 9.46 Å². The number of carbonyl (C=O) groups is 1. The Morgan fingerprint density at radius 2 is 1.72 bits per heavy atom. The van der Waals surface area contributed by atoms with Crippen molar-refractivity contribution in [1.29, 1.82) is 0 Å². The van der Waals surface area contributed by atoms with Gasteiger partial charge >= 0.3 is 5.97 Å². The van der Waals surface area contributed by atoms with E-state index in [1.54, 1.807) is 12.1 Å². The Kier molecular flexibility index (Phi) is 7.24. The molecule has 7 nitrogen and oxygen atoms in total. The Labute approximate surface area is 171 Å². The molecule has 0 unspecified atom stereocenters. The van der Waals surface area contributed by atoms with Crippen molar-refractivity contribution in [3.8, 4) is 5.75 Å². The average Bonchev–Trinajstić information content (AvgIpc) is 3.27. The molecular formula is C21H26N2O5S. The van der Waals surface area contributed by atoms with Gasteiger partial charge < -0.3 is 9.47 Å². The van der Waals surface area contributed by atoms with Crippen molar-refractivity contribution in [3.05, 3.63) is 60.2 Å². The van der Waals surface area contributed by atoms with Crippen molar-refractivity contribution >= 4 is 16.0 Å². The summed E-state index contributed by atoms with van der Waals surface area (Å²) in [7, 11) is -2.44. The Bertz CT molecular complexity index is 894. The molecule has 1 saturated heterocycles. The third-order valence-electron chi connectivity index (χ3n) is 4.90. The standard InChI is InChI=1S/C21H26N2O5S/c1-27-21(24)20(23-13-5-6-14-23)15-22-29(25,26)19-11-9-18(10-12-19)28-16-17-7-3-2-4-8-17/h2-4,7-12,20,22H,5-6,13-16H2,1H3/t20-/m0/s1. The number of benzene rings is 2. The number of nitrogens with one attached hydrogen (secondary N) is 1. The number of nitrogens with zero attached hydrogens (tertiary/aromatic N) is 1. The van der Waals surface area contributed by atoms with E-state index in [0.717, 1.165) is 31.5 Å². The Morgan fingerprint density at radius 3 is 2.34 bits per heavy atom. The van der Waals surface area contributed by atoms with Crippen LogP contribution in [0.4, 0.5) is 0 Å². The number of methoxy groups -OCH3 is 1. The SMILES string of the molecule is COC(=O)[C@H](CNS(=O)(=O)c1ccc(OCc2ccccc2)cc1)N1CCCC1. The molecular weight excluding hydrogens is 392 g/mol. The summed E-state index contributed by atoms with van der Waals surface area (Å²) < 4.78 is 38.3. The highest BCUT2D eigenvalue weighted by atomic mass is 32.2. The third kappa shape index (κ3) is 5.79. The van der Waals surface area contributed by atoms with Gasteiger partial charge in [0.15, 0.2) is 0 Å². The summed E-state index contributed by atoms with van der Waals surface area (Å²) in [6.45, 7) is 1.90. The zero-order chi connectivity index (χ0) is 20.7. The van der Waals surface area contributed by atoms with Gasteiger partial charge in [-0.1, -0.05) is 30.3 Å². The van der Waals surface area contributed by atoms with E-state index < -0.39 is 22.0 Å². The van der Waals surface area contributed by atoms with E-state index in [-0.39, 0.29) is 11.4 Å². The first-order chi connectivity index (χ1) is 14.0. The molecule has 1 N–H and O–H groups in total. The first kappa shape index (κ1) is 21.3. The molecule has 1 heterocycles. The highest BCUT2D eigenvalue weighted by Gasteiger charge is 2.30. The summed E-state index contributed by atoms with van der Waals surface area (Å²) >= 11 is 0. The first-order valence-corrected chi connectivity index (χ1v) is 11.1. The van der Waals surface area contributed by atoms with Gasteiger partial charge in [-0.3, -0.25) is 9.69 Å². The maximum atomic E-state index is 12.6. The molecule has 0 saturated carbocycles. The van der Waals surface area contributed by atoms with Gasteiger partial charge in [0.1, 0.15) is 18.4 Å². The molecule has 2 aromatic carbocycles. The molecule has 1 fully saturated rings. The van der Waals surface area contributed by atoms with Gasteiger partial charge in [-0.2, -0.15) is 0 Å². The fourth-order valence-electron chi connectivity index (χ4n) is 3.28. The number of hydrogen-bond acceptors (Lipinski definition) is 6. The van der Waals surface area contributed by atoms with E-state index in [9.17, 15) is 13.2 Å². The summed E-state index contributed by atoms with van der Waals surface area (Å²) in [4.78, 5) is 14.1. The smallest absolute Gasteiger partial charge is 0.324 e. The topological polar surface area (TPSA) is 84.9 Å². The molecule has 1 atom stereocenters. The van der Waals surface area contributed by atoms with Gasteiger partial charge in [0.2, 0.25) is 10.0 Å². The predicted molar refractivity (Wildman–Crippen MR) is 109 cm³/mol. The molecule has 156 valence electrons. The summed E-state index contributed by atoms with van der Waals surface area (Å²) in [6, 6.07) is 15.3. The number of ether oxygens (including phenoxy) is 2. The van der Waals surface area contributed by atoms with Crippen molar-refractivity contribution in [3.63, 3.8) is 0 Å². The molecule has 0 bridgehead atoms. The van der Waals surface area contributed by atoms with Crippen LogP contribution in [0.5, 0.6) is 5.75 Å². The lowest BCUT2D eigenvalue weighted by molar-refractivity contribution is -0.146. The van der Waals surface area contributed by atoms with Gasteiger partial charge in [-0.15, -0.1) is 0 Å². The molecule has 0 spiro atoms. The molecule has 8 heteroatoms. The molecule has 1 aliphatic heterocycles. The number of rotatable bonds is 9. The predicted octanol–water partition coefficient (Wildman–Crippen LogP) is 2.18. The number of hydrogen-bond donors (Lipinski definition) is 1. The van der Waals surface area contributed by atoms with Gasteiger partial charge in [-0.25, -0.2) is 13.1 Å². The van der Waals surface area contributed by atoms with E-state index in [1.807, 2.05) is 35.2 Å². The van der Waals surface area contributed by atoms with Crippen LogP contribution >= 0.6 is 0 Å². The van der Waals surface area contributed by atoms with Crippen LogP contribution in [0, 0.1) is 0 Å². The Balaban J connectivity index is 1.60. The molecule has 0 aromatic heterocycles. The van der Waals surface area contributed by atoms with Gasteiger partial charge in [0, 0.05) is 6.54 Å². The lowest BCUT2D eigenvalue weighted by Gasteiger charge is -2.25. The minimum atomic E-state index is -3.75. The van der Waals surface area contributed by atoms with Crippen LogP contribution in [0.1, 0.15) is 18.4 Å². The second kappa shape index (κ2) is 9.87. The quantitative estimate of drug-likeness (QED) is 0.629. The van der Waals surface area contributed by atoms with Crippen LogP contribution in [0.2, 0.25) is 0 Å². The summed E-state index contributed by atoms with van der Waals surface area (Å²) in [6.07, 6.45) is 1.98. The lowest BCUT2D eigenvalue weighted by atomic mass is 10.2. The van der Waals surface area contributed by atoms with E-state index >= 15 is 0 Å². The van der Waals surface area contributed by atoms with Crippen LogP contribution in [-0.4, -0.2) is 52.1 Å². The summed E-state index contributed by atoms with van der Waals surface area (Å²) in [5.41, 5.74) is 1.03. The van der Waals surface area contributed by atoms with Crippen LogP contribution in [-0.2, 0) is 26.2 Å². The minimum absolute atomic E-state index is 0.0265. The molecule has 2 aromatic rings. The Morgan fingerprint density at radius 1 is 1.07 bits per heavy atom. The normalized spacial score (nSPS) is 15.8. The van der Waals surface area contributed by atoms with Crippen molar-refractivity contribution in [2.75, 3.05) is 26.7 Å². The second-order valence-corrected chi connectivity index (χ2v) is 8.65. The second-order valence-electron chi connectivity index (χ2n) is 6.88. The van der Waals surface area contributed by atoms with Gasteiger partial charge in [0.05, 0.1) is 12.0 Å². The Hall–Kier alpha value is -2.42. The van der Waals surface area contributed by atoms with Gasteiger partial charge in [0.25, 0.3) is 0 Å². The van der Waals surface area contributed by atoms with Crippen molar-refractivity contribution < 1.29 is 22.7 Å². The van der Waals surface area contributed by atoms with Gasteiger partial charge in [-0.05, 0) is 55.8 Å². The van der Waals surface area contributed by atoms with Crippen molar-refractivity contribution in [2.24, 2.45) is 0 Å². The molecule has 0 aliphatic carbocycles. The third-order valence-corrected chi connectivity index (χ3v) is 6.34. The fourth-order valence-corrected chi connectivity index (χ4v) is 4.32. The number of sulfonamides is 1. The maximum Gasteiger partial charge on any atom is 0.324 e. The molecule has 0 amide bonds. The highest BCUT2D eigenvalue weighted by molar-refractivity contribution is 7.89. The zero-order valence-corrected chi connectivity index (χ0v) is 17.2. The largest absolute Gasteiger partial charge is 0.489 e. The summed E-state index contributed by atoms with van der Waals surface area (Å²) in [5.74, 6) is 0.150. The zero-order valence-electron chi connectivity index (χ0n) is 16.4. The van der Waals surface area contributed by atoms with E-state index in [4.69, 9.17) is 9.47 Å². The fraction of sp³-hybridized carbons (Fsp3) is 0.381. The average molecular weight is 419 g/mol. The lowest BCUT2D eigenvalue weighted by Crippen LogP contribution is -2.47.